The maximum absolute atomic E-state index is 12.5. The van der Waals surface area contributed by atoms with Crippen molar-refractivity contribution >= 4 is 35.0 Å². The third kappa shape index (κ3) is 3.01. The van der Waals surface area contributed by atoms with Gasteiger partial charge in [-0.1, -0.05) is 23.2 Å². The van der Waals surface area contributed by atoms with Gasteiger partial charge in [0.15, 0.2) is 0 Å². The lowest BCUT2D eigenvalue weighted by Gasteiger charge is -2.41. The highest BCUT2D eigenvalue weighted by Crippen LogP contribution is 2.28. The molecule has 1 aromatic carbocycles. The van der Waals surface area contributed by atoms with Crippen LogP contribution in [0, 0.1) is 5.92 Å². The average molecular weight is 327 g/mol. The Morgan fingerprint density at radius 1 is 1.24 bits per heavy atom. The summed E-state index contributed by atoms with van der Waals surface area (Å²) in [4.78, 5) is 25.8. The number of fused-ring (bicyclic) bond motifs is 1. The zero-order chi connectivity index (χ0) is 15.0. The molecule has 6 heteroatoms. The van der Waals surface area contributed by atoms with Crippen LogP contribution in [0.15, 0.2) is 18.2 Å². The van der Waals surface area contributed by atoms with Gasteiger partial charge < -0.3 is 10.2 Å². The highest BCUT2D eigenvalue weighted by atomic mass is 35.5. The second-order valence-electron chi connectivity index (χ2n) is 5.64. The number of piperidine rings is 2. The zero-order valence-electron chi connectivity index (χ0n) is 11.4. The Morgan fingerprint density at radius 3 is 2.81 bits per heavy atom. The van der Waals surface area contributed by atoms with Crippen LogP contribution in [0.5, 0.6) is 0 Å². The summed E-state index contributed by atoms with van der Waals surface area (Å²) < 4.78 is 0. The lowest BCUT2D eigenvalue weighted by molar-refractivity contribution is -0.125. The standard InChI is InChI=1S/C15H16Cl2N2O2/c16-11-3-1-9(7-12(11)17)15(21)19-6-5-13-10(8-19)2-4-14(20)18-13/h1,3,7,10,13H,2,4-6,8H2,(H,18,20). The number of hydrogen-bond acceptors (Lipinski definition) is 2. The van der Waals surface area contributed by atoms with Gasteiger partial charge in [0.1, 0.15) is 0 Å². The van der Waals surface area contributed by atoms with Crippen molar-refractivity contribution in [3.8, 4) is 0 Å². The van der Waals surface area contributed by atoms with Crippen molar-refractivity contribution in [2.75, 3.05) is 13.1 Å². The second kappa shape index (κ2) is 5.85. The molecule has 2 unspecified atom stereocenters. The summed E-state index contributed by atoms with van der Waals surface area (Å²) in [6, 6.07) is 5.17. The number of benzene rings is 1. The molecule has 2 atom stereocenters. The van der Waals surface area contributed by atoms with E-state index in [0.29, 0.717) is 41.0 Å². The molecular formula is C15H16Cl2N2O2. The van der Waals surface area contributed by atoms with E-state index in [4.69, 9.17) is 23.2 Å². The van der Waals surface area contributed by atoms with Crippen molar-refractivity contribution in [1.82, 2.24) is 10.2 Å². The maximum Gasteiger partial charge on any atom is 0.253 e. The zero-order valence-corrected chi connectivity index (χ0v) is 13.0. The molecule has 4 nitrogen and oxygen atoms in total. The summed E-state index contributed by atoms with van der Waals surface area (Å²) in [5.74, 6) is 0.451. The minimum absolute atomic E-state index is 0.0242. The third-order valence-electron chi connectivity index (χ3n) is 4.28. The molecule has 21 heavy (non-hydrogen) atoms. The number of likely N-dealkylation sites (tertiary alicyclic amines) is 1. The van der Waals surface area contributed by atoms with Crippen LogP contribution in [0.4, 0.5) is 0 Å². The SMILES string of the molecule is O=C1CCC2CN(C(=O)c3ccc(Cl)c(Cl)c3)CCC2N1. The molecule has 3 rings (SSSR count). The molecule has 1 aromatic rings. The number of rotatable bonds is 1. The van der Waals surface area contributed by atoms with Gasteiger partial charge in [-0.05, 0) is 37.0 Å². The van der Waals surface area contributed by atoms with E-state index in [0.717, 1.165) is 12.8 Å². The Balaban J connectivity index is 1.71. The summed E-state index contributed by atoms with van der Waals surface area (Å²) in [5.41, 5.74) is 0.558. The van der Waals surface area contributed by atoms with Crippen LogP contribution in [-0.4, -0.2) is 35.8 Å². The van der Waals surface area contributed by atoms with Crippen LogP contribution in [-0.2, 0) is 4.79 Å². The largest absolute Gasteiger partial charge is 0.353 e. The first-order valence-electron chi connectivity index (χ1n) is 7.08. The van der Waals surface area contributed by atoms with Crippen LogP contribution < -0.4 is 5.32 Å². The van der Waals surface area contributed by atoms with E-state index in [2.05, 4.69) is 5.32 Å². The van der Waals surface area contributed by atoms with E-state index in [1.165, 1.54) is 0 Å². The Labute approximate surface area is 133 Å². The van der Waals surface area contributed by atoms with Crippen molar-refractivity contribution in [1.29, 1.82) is 0 Å². The van der Waals surface area contributed by atoms with E-state index in [1.807, 2.05) is 4.90 Å². The molecule has 0 aliphatic carbocycles. The molecule has 112 valence electrons. The minimum Gasteiger partial charge on any atom is -0.353 e. The summed E-state index contributed by atoms with van der Waals surface area (Å²) in [7, 11) is 0. The maximum atomic E-state index is 12.5. The lowest BCUT2D eigenvalue weighted by Crippen LogP contribution is -2.55. The number of hydrogen-bond donors (Lipinski definition) is 1. The van der Waals surface area contributed by atoms with Gasteiger partial charge in [-0.3, -0.25) is 9.59 Å². The van der Waals surface area contributed by atoms with Crippen LogP contribution in [0.25, 0.3) is 0 Å². The van der Waals surface area contributed by atoms with Gasteiger partial charge >= 0.3 is 0 Å². The average Bonchev–Trinajstić information content (AvgIpc) is 2.49. The predicted octanol–water partition coefficient (Wildman–Crippen LogP) is 2.73. The first-order chi connectivity index (χ1) is 10.0. The molecule has 0 bridgehead atoms. The second-order valence-corrected chi connectivity index (χ2v) is 6.46. The van der Waals surface area contributed by atoms with Gasteiger partial charge in [0, 0.05) is 31.1 Å². The Bertz CT molecular complexity index is 591. The van der Waals surface area contributed by atoms with E-state index in [9.17, 15) is 9.59 Å². The van der Waals surface area contributed by atoms with Crippen LogP contribution in [0.1, 0.15) is 29.6 Å². The van der Waals surface area contributed by atoms with Crippen molar-refractivity contribution in [3.05, 3.63) is 33.8 Å². The molecule has 2 amide bonds. The normalized spacial score (nSPS) is 25.2. The van der Waals surface area contributed by atoms with Gasteiger partial charge in [-0.2, -0.15) is 0 Å². The fourth-order valence-electron chi connectivity index (χ4n) is 3.11. The van der Waals surface area contributed by atoms with Gasteiger partial charge in [-0.25, -0.2) is 0 Å². The minimum atomic E-state index is -0.0242. The monoisotopic (exact) mass is 326 g/mol. The van der Waals surface area contributed by atoms with Crippen molar-refractivity contribution in [2.24, 2.45) is 5.92 Å². The molecule has 0 radical (unpaired) electrons. The van der Waals surface area contributed by atoms with Crippen molar-refractivity contribution in [2.45, 2.75) is 25.3 Å². The molecule has 2 aliphatic heterocycles. The third-order valence-corrected chi connectivity index (χ3v) is 5.02. The number of nitrogens with one attached hydrogen (secondary N) is 1. The molecule has 0 saturated carbocycles. The first kappa shape index (κ1) is 14.7. The van der Waals surface area contributed by atoms with Gasteiger partial charge in [0.2, 0.25) is 5.91 Å². The highest BCUT2D eigenvalue weighted by molar-refractivity contribution is 6.42. The van der Waals surface area contributed by atoms with E-state index >= 15 is 0 Å². The summed E-state index contributed by atoms with van der Waals surface area (Å²) in [5, 5.41) is 3.86. The number of carbonyl (C=O) groups is 2. The molecule has 0 spiro atoms. The van der Waals surface area contributed by atoms with E-state index in [1.54, 1.807) is 18.2 Å². The van der Waals surface area contributed by atoms with Gasteiger partial charge in [-0.15, -0.1) is 0 Å². The number of amides is 2. The molecule has 2 saturated heterocycles. The Morgan fingerprint density at radius 2 is 2.05 bits per heavy atom. The molecular weight excluding hydrogens is 311 g/mol. The summed E-state index contributed by atoms with van der Waals surface area (Å²) >= 11 is 11.9. The summed E-state index contributed by atoms with van der Waals surface area (Å²) in [6.07, 6.45) is 2.21. The van der Waals surface area contributed by atoms with Crippen molar-refractivity contribution < 1.29 is 9.59 Å². The smallest absolute Gasteiger partial charge is 0.253 e. The lowest BCUT2D eigenvalue weighted by atomic mass is 9.85. The van der Waals surface area contributed by atoms with Gasteiger partial charge in [0.05, 0.1) is 10.0 Å². The highest BCUT2D eigenvalue weighted by Gasteiger charge is 2.35. The fraction of sp³-hybridized carbons (Fsp3) is 0.467. The predicted molar refractivity (Wildman–Crippen MR) is 81.6 cm³/mol. The number of carbonyl (C=O) groups excluding carboxylic acids is 2. The molecule has 1 N–H and O–H groups in total. The van der Waals surface area contributed by atoms with E-state index in [-0.39, 0.29) is 17.9 Å². The Hall–Kier alpha value is -1.26. The van der Waals surface area contributed by atoms with Crippen LogP contribution in [0.2, 0.25) is 10.0 Å². The van der Waals surface area contributed by atoms with Gasteiger partial charge in [0.25, 0.3) is 5.91 Å². The summed E-state index contributed by atoms with van der Waals surface area (Å²) in [6.45, 7) is 1.34. The molecule has 0 aromatic heterocycles. The topological polar surface area (TPSA) is 49.4 Å². The molecule has 2 heterocycles. The first-order valence-corrected chi connectivity index (χ1v) is 7.84. The quantitative estimate of drug-likeness (QED) is 0.862. The van der Waals surface area contributed by atoms with Crippen LogP contribution in [0.3, 0.4) is 0 Å². The fourth-order valence-corrected chi connectivity index (χ4v) is 3.40. The molecule has 2 aliphatic rings. The van der Waals surface area contributed by atoms with Crippen LogP contribution >= 0.6 is 23.2 Å². The molecule has 2 fully saturated rings. The van der Waals surface area contributed by atoms with E-state index < -0.39 is 0 Å². The Kier molecular flexibility index (Phi) is 4.09. The number of nitrogens with zero attached hydrogens (tertiary/aromatic N) is 1. The van der Waals surface area contributed by atoms with Crippen molar-refractivity contribution in [3.63, 3.8) is 0 Å². The number of halogens is 2.